The molecular weight excluding hydrogens is 266 g/mol. The fourth-order valence-corrected chi connectivity index (χ4v) is 3.05. The third-order valence-electron chi connectivity index (χ3n) is 3.77. The van der Waals surface area contributed by atoms with E-state index < -0.39 is 0 Å². The zero-order chi connectivity index (χ0) is 12.1. The molecule has 1 fully saturated rings. The molecule has 0 aliphatic heterocycles. The van der Waals surface area contributed by atoms with Crippen molar-refractivity contribution in [1.29, 1.82) is 0 Å². The lowest BCUT2D eigenvalue weighted by atomic mass is 9.99. The molecule has 1 saturated carbocycles. The predicted octanol–water partition coefficient (Wildman–Crippen LogP) is 3.35. The van der Waals surface area contributed by atoms with E-state index in [9.17, 15) is 4.79 Å². The van der Waals surface area contributed by atoms with Gasteiger partial charge in [0.25, 0.3) is 0 Å². The van der Waals surface area contributed by atoms with Crippen LogP contribution in [0.5, 0.6) is 0 Å². The quantitative estimate of drug-likeness (QED) is 0.716. The van der Waals surface area contributed by atoms with Gasteiger partial charge in [-0.25, -0.2) is 0 Å². The van der Waals surface area contributed by atoms with Gasteiger partial charge in [0.2, 0.25) is 5.91 Å². The summed E-state index contributed by atoms with van der Waals surface area (Å²) in [6, 6.07) is 0. The van der Waals surface area contributed by atoms with Crippen molar-refractivity contribution in [2.45, 2.75) is 51.3 Å². The van der Waals surface area contributed by atoms with Gasteiger partial charge in [0.1, 0.15) is 0 Å². The maximum Gasteiger partial charge on any atom is 0.223 e. The largest absolute Gasteiger partial charge is 0.355 e. The van der Waals surface area contributed by atoms with Gasteiger partial charge >= 0.3 is 0 Å². The number of hydrogen-bond donors (Lipinski definition) is 1. The van der Waals surface area contributed by atoms with Gasteiger partial charge < -0.3 is 5.32 Å². The first-order chi connectivity index (χ1) is 7.60. The number of nitrogens with one attached hydrogen (secondary N) is 1. The average Bonchev–Trinajstić information content (AvgIpc) is 3.10. The second-order valence-corrected chi connectivity index (χ2v) is 6.14. The van der Waals surface area contributed by atoms with Crippen molar-refractivity contribution < 1.29 is 4.79 Å². The summed E-state index contributed by atoms with van der Waals surface area (Å²) >= 11 is 3.68. The molecule has 0 saturated heterocycles. The van der Waals surface area contributed by atoms with Crippen molar-refractivity contribution in [3.05, 3.63) is 0 Å². The van der Waals surface area contributed by atoms with E-state index >= 15 is 0 Å². The van der Waals surface area contributed by atoms with Crippen LogP contribution in [0.4, 0.5) is 0 Å². The summed E-state index contributed by atoms with van der Waals surface area (Å²) in [5.74, 6) is 1.76. The predicted molar refractivity (Wildman–Crippen MR) is 71.7 cm³/mol. The highest BCUT2D eigenvalue weighted by molar-refractivity contribution is 9.09. The van der Waals surface area contributed by atoms with E-state index in [0.29, 0.717) is 16.7 Å². The highest BCUT2D eigenvalue weighted by Gasteiger charge is 2.32. The Hall–Kier alpha value is -0.0500. The normalized spacial score (nSPS) is 19.6. The average molecular weight is 290 g/mol. The summed E-state index contributed by atoms with van der Waals surface area (Å²) in [5.41, 5.74) is 0. The van der Waals surface area contributed by atoms with Gasteiger partial charge in [0.05, 0.1) is 0 Å². The van der Waals surface area contributed by atoms with Gasteiger partial charge in [-0.1, -0.05) is 49.5 Å². The van der Waals surface area contributed by atoms with Gasteiger partial charge in [-0.05, 0) is 24.7 Å². The number of hydrogen-bond acceptors (Lipinski definition) is 1. The molecule has 0 bridgehead atoms. The Morgan fingerprint density at radius 3 is 2.38 bits per heavy atom. The van der Waals surface area contributed by atoms with Gasteiger partial charge in [-0.15, -0.1) is 0 Å². The summed E-state index contributed by atoms with van der Waals surface area (Å²) in [7, 11) is 0. The Balaban J connectivity index is 2.24. The Labute approximate surface area is 108 Å². The van der Waals surface area contributed by atoms with Crippen LogP contribution in [-0.4, -0.2) is 17.3 Å². The van der Waals surface area contributed by atoms with Crippen LogP contribution < -0.4 is 5.32 Å². The molecular formula is C13H24BrNO. The third-order valence-corrected chi connectivity index (χ3v) is 4.85. The molecule has 0 radical (unpaired) electrons. The van der Waals surface area contributed by atoms with E-state index in [1.807, 2.05) is 6.92 Å². The number of halogens is 1. The van der Waals surface area contributed by atoms with Crippen molar-refractivity contribution in [2.75, 3.05) is 6.54 Å². The van der Waals surface area contributed by atoms with E-state index in [0.717, 1.165) is 6.54 Å². The second kappa shape index (κ2) is 6.63. The molecule has 0 heterocycles. The van der Waals surface area contributed by atoms with Crippen LogP contribution in [0, 0.1) is 17.8 Å². The second-order valence-electron chi connectivity index (χ2n) is 4.96. The van der Waals surface area contributed by atoms with Crippen LogP contribution in [0.1, 0.15) is 46.5 Å². The first-order valence-corrected chi connectivity index (χ1v) is 7.43. The maximum atomic E-state index is 11.8. The van der Waals surface area contributed by atoms with Gasteiger partial charge in [-0.3, -0.25) is 4.79 Å². The van der Waals surface area contributed by atoms with E-state index in [2.05, 4.69) is 35.1 Å². The monoisotopic (exact) mass is 289 g/mol. The number of alkyl halides is 1. The SMILES string of the molecule is CCC(CC)C(Br)CNC(=O)C(C)C1CC1. The molecule has 0 aromatic carbocycles. The Morgan fingerprint density at radius 1 is 1.38 bits per heavy atom. The van der Waals surface area contributed by atoms with Crippen LogP contribution in [0.15, 0.2) is 0 Å². The molecule has 0 spiro atoms. The molecule has 1 rings (SSSR count). The minimum atomic E-state index is 0.210. The lowest BCUT2D eigenvalue weighted by Gasteiger charge is -2.21. The van der Waals surface area contributed by atoms with E-state index in [1.54, 1.807) is 0 Å². The third kappa shape index (κ3) is 4.08. The fraction of sp³-hybridized carbons (Fsp3) is 0.923. The lowest BCUT2D eigenvalue weighted by Crippen LogP contribution is -2.36. The molecule has 94 valence electrons. The highest BCUT2D eigenvalue weighted by atomic mass is 79.9. The highest BCUT2D eigenvalue weighted by Crippen LogP contribution is 2.36. The van der Waals surface area contributed by atoms with Crippen LogP contribution in [-0.2, 0) is 4.79 Å². The van der Waals surface area contributed by atoms with Gasteiger partial charge in [0, 0.05) is 17.3 Å². The molecule has 2 nitrogen and oxygen atoms in total. The molecule has 1 amide bonds. The van der Waals surface area contributed by atoms with Crippen molar-refractivity contribution in [3.8, 4) is 0 Å². The number of amides is 1. The lowest BCUT2D eigenvalue weighted by molar-refractivity contribution is -0.125. The van der Waals surface area contributed by atoms with Crippen molar-refractivity contribution in [2.24, 2.45) is 17.8 Å². The smallest absolute Gasteiger partial charge is 0.223 e. The maximum absolute atomic E-state index is 11.8. The molecule has 1 N–H and O–H groups in total. The van der Waals surface area contributed by atoms with Crippen molar-refractivity contribution >= 4 is 21.8 Å². The van der Waals surface area contributed by atoms with Crippen molar-refractivity contribution in [1.82, 2.24) is 5.32 Å². The molecule has 0 aromatic rings. The first-order valence-electron chi connectivity index (χ1n) is 6.51. The van der Waals surface area contributed by atoms with E-state index in [4.69, 9.17) is 0 Å². The Bertz CT molecular complexity index is 224. The Morgan fingerprint density at radius 2 is 1.94 bits per heavy atom. The minimum Gasteiger partial charge on any atom is -0.355 e. The van der Waals surface area contributed by atoms with Gasteiger partial charge in [0.15, 0.2) is 0 Å². The van der Waals surface area contributed by atoms with Crippen LogP contribution >= 0.6 is 15.9 Å². The summed E-state index contributed by atoms with van der Waals surface area (Å²) in [6.45, 7) is 7.23. The summed E-state index contributed by atoms with van der Waals surface area (Å²) in [4.78, 5) is 12.2. The summed E-state index contributed by atoms with van der Waals surface area (Å²) < 4.78 is 0. The van der Waals surface area contributed by atoms with E-state index in [-0.39, 0.29) is 11.8 Å². The van der Waals surface area contributed by atoms with Crippen LogP contribution in [0.25, 0.3) is 0 Å². The molecule has 2 atom stereocenters. The number of carbonyl (C=O) groups is 1. The van der Waals surface area contributed by atoms with Crippen molar-refractivity contribution in [3.63, 3.8) is 0 Å². The summed E-state index contributed by atoms with van der Waals surface area (Å²) in [6.07, 6.45) is 4.80. The number of rotatable bonds is 7. The number of carbonyl (C=O) groups excluding carboxylic acids is 1. The molecule has 1 aliphatic rings. The molecule has 16 heavy (non-hydrogen) atoms. The molecule has 3 heteroatoms. The van der Waals surface area contributed by atoms with Gasteiger partial charge in [-0.2, -0.15) is 0 Å². The molecule has 0 aromatic heterocycles. The van der Waals surface area contributed by atoms with Crippen LogP contribution in [0.3, 0.4) is 0 Å². The molecule has 1 aliphatic carbocycles. The minimum absolute atomic E-state index is 0.210. The topological polar surface area (TPSA) is 29.1 Å². The zero-order valence-electron chi connectivity index (χ0n) is 10.6. The molecule has 2 unspecified atom stereocenters. The van der Waals surface area contributed by atoms with E-state index in [1.165, 1.54) is 25.7 Å². The standard InChI is InChI=1S/C13H24BrNO/c1-4-10(5-2)12(14)8-15-13(16)9(3)11-6-7-11/h9-12H,4-8H2,1-3H3,(H,15,16). The Kier molecular flexibility index (Phi) is 5.81. The zero-order valence-corrected chi connectivity index (χ0v) is 12.2. The summed E-state index contributed by atoms with van der Waals surface area (Å²) in [5, 5.41) is 3.07. The fourth-order valence-electron chi connectivity index (χ4n) is 2.14. The first kappa shape index (κ1) is 14.0. The van der Waals surface area contributed by atoms with Crippen LogP contribution in [0.2, 0.25) is 0 Å².